The summed E-state index contributed by atoms with van der Waals surface area (Å²) in [6, 6.07) is 3.87. The van der Waals surface area contributed by atoms with Gasteiger partial charge in [-0.25, -0.2) is 9.97 Å². The largest absolute Gasteiger partial charge is 0.473 e. The second-order valence-corrected chi connectivity index (χ2v) is 5.94. The van der Waals surface area contributed by atoms with Gasteiger partial charge < -0.3 is 9.47 Å². The van der Waals surface area contributed by atoms with Crippen LogP contribution in [0.15, 0.2) is 24.5 Å². The molecule has 0 amide bonds. The molecule has 1 aliphatic carbocycles. The van der Waals surface area contributed by atoms with Crippen molar-refractivity contribution in [2.24, 2.45) is 0 Å². The summed E-state index contributed by atoms with van der Waals surface area (Å²) in [5.41, 5.74) is 1.11. The minimum Gasteiger partial charge on any atom is -0.473 e. The second-order valence-electron chi connectivity index (χ2n) is 5.56. The van der Waals surface area contributed by atoms with Crippen LogP contribution in [0.3, 0.4) is 0 Å². The molecule has 6 nitrogen and oxygen atoms in total. The molecule has 0 unspecified atom stereocenters. The van der Waals surface area contributed by atoms with Crippen molar-refractivity contribution in [2.75, 3.05) is 0 Å². The molecule has 3 rings (SSSR count). The average molecular weight is 335 g/mol. The van der Waals surface area contributed by atoms with E-state index in [2.05, 4.69) is 27.1 Å². The molecule has 2 aromatic rings. The molecule has 122 valence electrons. The van der Waals surface area contributed by atoms with E-state index < -0.39 is 0 Å². The SMILES string of the molecule is CCc1cnc(OC2CCC(Oc3ccc(Cl)nn3)CC2)nc1. The van der Waals surface area contributed by atoms with Crippen molar-refractivity contribution in [1.82, 2.24) is 20.2 Å². The van der Waals surface area contributed by atoms with Crippen LogP contribution in [-0.2, 0) is 6.42 Å². The van der Waals surface area contributed by atoms with E-state index in [0.29, 0.717) is 17.0 Å². The maximum absolute atomic E-state index is 5.85. The van der Waals surface area contributed by atoms with Crippen LogP contribution in [0.25, 0.3) is 0 Å². The van der Waals surface area contributed by atoms with Gasteiger partial charge in [-0.1, -0.05) is 18.5 Å². The van der Waals surface area contributed by atoms with Gasteiger partial charge in [-0.3, -0.25) is 0 Å². The van der Waals surface area contributed by atoms with Gasteiger partial charge in [0.15, 0.2) is 5.15 Å². The van der Waals surface area contributed by atoms with Crippen LogP contribution in [0.1, 0.15) is 38.2 Å². The topological polar surface area (TPSA) is 70.0 Å². The lowest BCUT2D eigenvalue weighted by Crippen LogP contribution is -2.30. The van der Waals surface area contributed by atoms with Crippen LogP contribution in [0.4, 0.5) is 0 Å². The monoisotopic (exact) mass is 334 g/mol. The second kappa shape index (κ2) is 7.55. The molecule has 0 saturated heterocycles. The standard InChI is InChI=1S/C16H19ClN4O2/c1-2-11-9-18-16(19-10-11)23-13-5-3-12(4-6-13)22-15-8-7-14(17)20-21-15/h7-10,12-13H,2-6H2,1H3. The van der Waals surface area contributed by atoms with Crippen molar-refractivity contribution < 1.29 is 9.47 Å². The Bertz CT molecular complexity index is 613. The van der Waals surface area contributed by atoms with Gasteiger partial charge in [0.2, 0.25) is 5.88 Å². The molecule has 1 aliphatic rings. The van der Waals surface area contributed by atoms with E-state index in [1.165, 1.54) is 0 Å². The van der Waals surface area contributed by atoms with Gasteiger partial charge in [0, 0.05) is 18.5 Å². The van der Waals surface area contributed by atoms with E-state index >= 15 is 0 Å². The number of halogens is 1. The highest BCUT2D eigenvalue weighted by atomic mass is 35.5. The Morgan fingerprint density at radius 3 is 2.22 bits per heavy atom. The number of rotatable bonds is 5. The molecule has 0 bridgehead atoms. The lowest BCUT2D eigenvalue weighted by molar-refractivity contribution is 0.0720. The summed E-state index contributed by atoms with van der Waals surface area (Å²) >= 11 is 5.71. The third-order valence-electron chi connectivity index (χ3n) is 3.88. The van der Waals surface area contributed by atoms with Crippen molar-refractivity contribution >= 4 is 11.6 Å². The molecular formula is C16H19ClN4O2. The summed E-state index contributed by atoms with van der Waals surface area (Å²) in [7, 11) is 0. The van der Waals surface area contributed by atoms with Gasteiger partial charge >= 0.3 is 6.01 Å². The van der Waals surface area contributed by atoms with Crippen molar-refractivity contribution in [1.29, 1.82) is 0 Å². The molecule has 2 aromatic heterocycles. The number of aromatic nitrogens is 4. The predicted octanol–water partition coefficient (Wildman–Crippen LogP) is 3.25. The molecule has 7 heteroatoms. The lowest BCUT2D eigenvalue weighted by Gasteiger charge is -2.28. The van der Waals surface area contributed by atoms with Crippen molar-refractivity contribution in [3.8, 4) is 11.9 Å². The smallest absolute Gasteiger partial charge is 0.316 e. The number of ether oxygens (including phenoxy) is 2. The van der Waals surface area contributed by atoms with Crippen molar-refractivity contribution in [3.63, 3.8) is 0 Å². The Balaban J connectivity index is 1.47. The van der Waals surface area contributed by atoms with Crippen LogP contribution in [0.2, 0.25) is 5.15 Å². The lowest BCUT2D eigenvalue weighted by atomic mass is 9.95. The summed E-state index contributed by atoms with van der Waals surface area (Å²) in [4.78, 5) is 8.49. The van der Waals surface area contributed by atoms with Crippen LogP contribution in [0, 0.1) is 0 Å². The molecule has 23 heavy (non-hydrogen) atoms. The Morgan fingerprint density at radius 2 is 1.65 bits per heavy atom. The van der Waals surface area contributed by atoms with E-state index in [-0.39, 0.29) is 12.2 Å². The molecule has 0 aromatic carbocycles. The zero-order chi connectivity index (χ0) is 16.1. The fourth-order valence-electron chi connectivity index (χ4n) is 2.54. The minimum absolute atomic E-state index is 0.133. The fraction of sp³-hybridized carbons (Fsp3) is 0.500. The van der Waals surface area contributed by atoms with Gasteiger partial charge in [-0.15, -0.1) is 10.2 Å². The molecule has 0 atom stereocenters. The van der Waals surface area contributed by atoms with Gasteiger partial charge in [-0.2, -0.15) is 0 Å². The first kappa shape index (κ1) is 15.9. The quantitative estimate of drug-likeness (QED) is 0.836. The molecule has 0 N–H and O–H groups in total. The summed E-state index contributed by atoms with van der Waals surface area (Å²) in [5, 5.41) is 8.06. The van der Waals surface area contributed by atoms with Gasteiger partial charge in [0.05, 0.1) is 0 Å². The van der Waals surface area contributed by atoms with E-state index in [1.807, 2.05) is 12.4 Å². The highest BCUT2D eigenvalue weighted by Gasteiger charge is 2.24. The number of nitrogens with zero attached hydrogens (tertiary/aromatic N) is 4. The Kier molecular flexibility index (Phi) is 5.23. The number of hydrogen-bond donors (Lipinski definition) is 0. The third kappa shape index (κ3) is 4.51. The van der Waals surface area contributed by atoms with Crippen LogP contribution in [0.5, 0.6) is 11.9 Å². The maximum atomic E-state index is 5.85. The van der Waals surface area contributed by atoms with E-state index in [4.69, 9.17) is 21.1 Å². The van der Waals surface area contributed by atoms with Crippen molar-refractivity contribution in [2.45, 2.75) is 51.2 Å². The average Bonchev–Trinajstić information content (AvgIpc) is 2.59. The van der Waals surface area contributed by atoms with Gasteiger partial charge in [0.25, 0.3) is 0 Å². The normalized spacial score (nSPS) is 21.0. The Hall–Kier alpha value is -1.95. The van der Waals surface area contributed by atoms with Crippen molar-refractivity contribution in [3.05, 3.63) is 35.2 Å². The molecule has 0 spiro atoms. The zero-order valence-electron chi connectivity index (χ0n) is 13.0. The summed E-state index contributed by atoms with van der Waals surface area (Å²) in [6.45, 7) is 2.07. The van der Waals surface area contributed by atoms with Crippen LogP contribution < -0.4 is 9.47 Å². The van der Waals surface area contributed by atoms with Gasteiger partial charge in [0.1, 0.15) is 12.2 Å². The molecule has 0 aliphatic heterocycles. The predicted molar refractivity (Wildman–Crippen MR) is 85.8 cm³/mol. The maximum Gasteiger partial charge on any atom is 0.316 e. The van der Waals surface area contributed by atoms with Crippen LogP contribution in [-0.4, -0.2) is 32.4 Å². The first-order valence-electron chi connectivity index (χ1n) is 7.86. The molecule has 1 saturated carbocycles. The first-order chi connectivity index (χ1) is 11.2. The van der Waals surface area contributed by atoms with E-state index in [0.717, 1.165) is 37.7 Å². The Morgan fingerprint density at radius 1 is 1.00 bits per heavy atom. The molecule has 1 fully saturated rings. The summed E-state index contributed by atoms with van der Waals surface area (Å²) in [6.07, 6.45) is 8.45. The zero-order valence-corrected chi connectivity index (χ0v) is 13.7. The van der Waals surface area contributed by atoms with E-state index in [9.17, 15) is 0 Å². The fourth-order valence-corrected chi connectivity index (χ4v) is 2.64. The molecule has 0 radical (unpaired) electrons. The molecular weight excluding hydrogens is 316 g/mol. The summed E-state index contributed by atoms with van der Waals surface area (Å²) < 4.78 is 11.7. The number of hydrogen-bond acceptors (Lipinski definition) is 6. The van der Waals surface area contributed by atoms with Crippen LogP contribution >= 0.6 is 11.6 Å². The third-order valence-corrected chi connectivity index (χ3v) is 4.08. The molecule has 2 heterocycles. The van der Waals surface area contributed by atoms with Gasteiger partial charge in [-0.05, 0) is 43.7 Å². The van der Waals surface area contributed by atoms with E-state index in [1.54, 1.807) is 12.1 Å². The minimum atomic E-state index is 0.133. The first-order valence-corrected chi connectivity index (χ1v) is 8.24. The highest BCUT2D eigenvalue weighted by Crippen LogP contribution is 2.25. The Labute approximate surface area is 140 Å². The summed E-state index contributed by atoms with van der Waals surface area (Å²) in [5.74, 6) is 0.511. The highest BCUT2D eigenvalue weighted by molar-refractivity contribution is 6.29. The number of aryl methyl sites for hydroxylation is 1.